The molecule has 11 atom stereocenters. The second-order valence-corrected chi connectivity index (χ2v) is 14.7. The second kappa shape index (κ2) is 7.02. The lowest BCUT2D eigenvalue weighted by Gasteiger charge is -2.61. The van der Waals surface area contributed by atoms with Gasteiger partial charge in [0.1, 0.15) is 11.7 Å². The Morgan fingerprint density at radius 1 is 0.971 bits per heavy atom. The van der Waals surface area contributed by atoms with Gasteiger partial charge in [-0.3, -0.25) is 0 Å². The fourth-order valence-electron chi connectivity index (χ4n) is 10.2. The van der Waals surface area contributed by atoms with Gasteiger partial charge in [-0.2, -0.15) is 0 Å². The van der Waals surface area contributed by atoms with Crippen LogP contribution in [0.1, 0.15) is 87.0 Å². The molecule has 2 saturated carbocycles. The molecule has 3 N–H and O–H groups in total. The van der Waals surface area contributed by atoms with Crippen LogP contribution >= 0.6 is 0 Å². The second-order valence-electron chi connectivity index (χ2n) is 14.7. The van der Waals surface area contributed by atoms with E-state index in [1.165, 1.54) is 11.1 Å². The van der Waals surface area contributed by atoms with Gasteiger partial charge in [-0.15, -0.1) is 0 Å². The molecule has 196 valence electrons. The molecule has 35 heavy (non-hydrogen) atoms. The summed E-state index contributed by atoms with van der Waals surface area (Å²) < 4.78 is 12.8. The standard InChI is InChI=1S/C30H46O5/c1-17-14-30(24(32)29(7,33)16-34-30)35-20-15-28(6)19-8-9-21-25(2,3)22(31)11-12-26(21,4)18(19)10-13-27(28,5)23(17)20/h8,10,17,20-24,31-33H,9,11-16H2,1-7H3/t17-,20+,21?,22+,23+,24-,26-,27-,28+,29+,30+/m1/s1. The number of allylic oxidation sites excluding steroid dienone is 4. The monoisotopic (exact) mass is 486 g/mol. The lowest BCUT2D eigenvalue weighted by molar-refractivity contribution is -0.312. The lowest BCUT2D eigenvalue weighted by Crippen LogP contribution is -2.58. The first-order valence-corrected chi connectivity index (χ1v) is 13.9. The van der Waals surface area contributed by atoms with E-state index in [4.69, 9.17) is 9.47 Å². The minimum absolute atomic E-state index is 0.0129. The van der Waals surface area contributed by atoms with Gasteiger partial charge in [-0.05, 0) is 84.2 Å². The average Bonchev–Trinajstić information content (AvgIpc) is 3.13. The predicted octanol–water partition coefficient (Wildman–Crippen LogP) is 4.75. The molecule has 6 aliphatic rings. The van der Waals surface area contributed by atoms with Crippen molar-refractivity contribution in [2.45, 2.75) is 117 Å². The maximum absolute atomic E-state index is 11.0. The number of rotatable bonds is 0. The third-order valence-electron chi connectivity index (χ3n) is 12.4. The molecule has 4 fully saturated rings. The summed E-state index contributed by atoms with van der Waals surface area (Å²) in [7, 11) is 0. The molecule has 6 rings (SSSR count). The summed E-state index contributed by atoms with van der Waals surface area (Å²) >= 11 is 0. The normalized spacial score (nSPS) is 58.7. The van der Waals surface area contributed by atoms with Crippen molar-refractivity contribution in [2.24, 2.45) is 39.4 Å². The van der Waals surface area contributed by atoms with E-state index in [0.717, 1.165) is 32.1 Å². The molecule has 0 radical (unpaired) electrons. The minimum Gasteiger partial charge on any atom is -0.393 e. The van der Waals surface area contributed by atoms with Gasteiger partial charge < -0.3 is 24.8 Å². The topological polar surface area (TPSA) is 79.2 Å². The van der Waals surface area contributed by atoms with Crippen molar-refractivity contribution in [2.75, 3.05) is 6.61 Å². The zero-order valence-corrected chi connectivity index (χ0v) is 22.7. The summed E-state index contributed by atoms with van der Waals surface area (Å²) in [5, 5.41) is 32.6. The highest BCUT2D eigenvalue weighted by Gasteiger charge is 2.70. The average molecular weight is 487 g/mol. The molecular formula is C30H46O5. The van der Waals surface area contributed by atoms with Gasteiger partial charge in [-0.25, -0.2) is 0 Å². The van der Waals surface area contributed by atoms with Crippen LogP contribution in [-0.2, 0) is 9.47 Å². The molecule has 2 heterocycles. The van der Waals surface area contributed by atoms with Gasteiger partial charge >= 0.3 is 0 Å². The summed E-state index contributed by atoms with van der Waals surface area (Å²) in [5.74, 6) is 0.0130. The van der Waals surface area contributed by atoms with E-state index in [0.29, 0.717) is 24.2 Å². The Kier molecular flexibility index (Phi) is 4.94. The number of fused-ring (bicyclic) bond motifs is 7. The van der Waals surface area contributed by atoms with Crippen LogP contribution in [-0.4, -0.2) is 51.6 Å². The number of hydrogen-bond acceptors (Lipinski definition) is 5. The fourth-order valence-corrected chi connectivity index (χ4v) is 10.2. The van der Waals surface area contributed by atoms with Gasteiger partial charge in [-0.1, -0.05) is 53.7 Å². The molecule has 0 aromatic heterocycles. The van der Waals surface area contributed by atoms with Crippen LogP contribution in [0.4, 0.5) is 0 Å². The van der Waals surface area contributed by atoms with Gasteiger partial charge in [0.15, 0.2) is 5.79 Å². The van der Waals surface area contributed by atoms with Crippen molar-refractivity contribution in [1.29, 1.82) is 0 Å². The van der Waals surface area contributed by atoms with E-state index >= 15 is 0 Å². The smallest absolute Gasteiger partial charge is 0.198 e. The molecule has 1 unspecified atom stereocenters. The van der Waals surface area contributed by atoms with Gasteiger partial charge in [0, 0.05) is 11.8 Å². The first kappa shape index (κ1) is 24.6. The van der Waals surface area contributed by atoms with E-state index in [2.05, 4.69) is 53.7 Å². The predicted molar refractivity (Wildman–Crippen MR) is 134 cm³/mol. The zero-order chi connectivity index (χ0) is 25.4. The van der Waals surface area contributed by atoms with Gasteiger partial charge in [0.2, 0.25) is 0 Å². The number of aliphatic hydroxyl groups excluding tert-OH is 2. The highest BCUT2D eigenvalue weighted by molar-refractivity contribution is 5.50. The van der Waals surface area contributed by atoms with E-state index in [1.807, 2.05) is 0 Å². The summed E-state index contributed by atoms with van der Waals surface area (Å²) in [5.41, 5.74) is 1.78. The Hall–Kier alpha value is -0.720. The summed E-state index contributed by atoms with van der Waals surface area (Å²) in [4.78, 5) is 0. The molecule has 0 aromatic carbocycles. The minimum atomic E-state index is -1.28. The number of hydrogen-bond donors (Lipinski definition) is 3. The Balaban J connectivity index is 1.39. The highest BCUT2D eigenvalue weighted by atomic mass is 16.7. The molecule has 1 spiro atoms. The summed E-state index contributed by atoms with van der Waals surface area (Å²) in [6.07, 6.45) is 9.24. The molecular weight excluding hydrogens is 440 g/mol. The fraction of sp³-hybridized carbons (Fsp3) is 0.867. The molecule has 5 heteroatoms. The zero-order valence-electron chi connectivity index (χ0n) is 22.7. The molecule has 0 aromatic rings. The van der Waals surface area contributed by atoms with Gasteiger partial charge in [0.25, 0.3) is 0 Å². The van der Waals surface area contributed by atoms with Crippen molar-refractivity contribution >= 4 is 0 Å². The molecule has 2 aliphatic heterocycles. The summed E-state index contributed by atoms with van der Waals surface area (Å²) in [6.45, 7) is 15.9. The Labute approximate surface area is 211 Å². The van der Waals surface area contributed by atoms with E-state index in [-0.39, 0.29) is 40.5 Å². The quantitative estimate of drug-likeness (QED) is 0.461. The Morgan fingerprint density at radius 2 is 1.69 bits per heavy atom. The van der Waals surface area contributed by atoms with Crippen molar-refractivity contribution < 1.29 is 24.8 Å². The maximum atomic E-state index is 11.0. The van der Waals surface area contributed by atoms with Gasteiger partial charge in [0.05, 0.1) is 18.8 Å². The number of ether oxygens (including phenoxy) is 2. The van der Waals surface area contributed by atoms with Crippen LogP contribution in [0, 0.1) is 39.4 Å². The molecule has 5 nitrogen and oxygen atoms in total. The van der Waals surface area contributed by atoms with Crippen LogP contribution in [0.3, 0.4) is 0 Å². The first-order valence-electron chi connectivity index (χ1n) is 13.9. The van der Waals surface area contributed by atoms with Crippen LogP contribution in [0.5, 0.6) is 0 Å². The van der Waals surface area contributed by atoms with Crippen molar-refractivity contribution in [3.8, 4) is 0 Å². The molecule has 2 saturated heterocycles. The third-order valence-corrected chi connectivity index (χ3v) is 12.4. The molecule has 4 aliphatic carbocycles. The van der Waals surface area contributed by atoms with Crippen molar-refractivity contribution in [3.63, 3.8) is 0 Å². The lowest BCUT2D eigenvalue weighted by atomic mass is 9.44. The van der Waals surface area contributed by atoms with Crippen LogP contribution in [0.15, 0.2) is 23.3 Å². The van der Waals surface area contributed by atoms with E-state index in [1.54, 1.807) is 6.92 Å². The van der Waals surface area contributed by atoms with Crippen molar-refractivity contribution in [3.05, 3.63) is 23.3 Å². The molecule has 0 bridgehead atoms. The van der Waals surface area contributed by atoms with Crippen LogP contribution < -0.4 is 0 Å². The number of aliphatic hydroxyl groups is 3. The Morgan fingerprint density at radius 3 is 2.34 bits per heavy atom. The third kappa shape index (κ3) is 2.83. The Bertz CT molecular complexity index is 997. The van der Waals surface area contributed by atoms with Crippen LogP contribution in [0.2, 0.25) is 0 Å². The highest BCUT2D eigenvalue weighted by Crippen LogP contribution is 2.73. The van der Waals surface area contributed by atoms with Crippen molar-refractivity contribution in [1.82, 2.24) is 0 Å². The first-order chi connectivity index (χ1) is 16.1. The maximum Gasteiger partial charge on any atom is 0.198 e. The van der Waals surface area contributed by atoms with E-state index < -0.39 is 17.5 Å². The SMILES string of the molecule is C[C@@H]1C[C@]2(OC[C@](C)(O)[C@H]2O)O[C@H]2C[C@@]3(C)C4=CCC5C(C)(C)[C@@H](O)CC[C@]5(C)C4=CC[C@]3(C)[C@@H]12. The van der Waals surface area contributed by atoms with Crippen LogP contribution in [0.25, 0.3) is 0 Å². The largest absolute Gasteiger partial charge is 0.393 e. The summed E-state index contributed by atoms with van der Waals surface area (Å²) in [6, 6.07) is 0. The molecule has 0 amide bonds. The van der Waals surface area contributed by atoms with E-state index in [9.17, 15) is 15.3 Å².